The number of unbranched alkanes of at least 4 members (excludes halogenated alkanes) is 2. The van der Waals surface area contributed by atoms with E-state index in [1.807, 2.05) is 12.1 Å². The highest BCUT2D eigenvalue weighted by Gasteiger charge is 1.89. The Morgan fingerprint density at radius 3 is 2.83 bits per heavy atom. The summed E-state index contributed by atoms with van der Waals surface area (Å²) >= 11 is 0. The fourth-order valence-electron chi connectivity index (χ4n) is 1.29. The number of carbonyl (C=O) groups is 1. The van der Waals surface area contributed by atoms with E-state index in [1.165, 1.54) is 6.42 Å². The smallest absolute Gasteiger partial charge is 0.150 e. The second-order valence-corrected chi connectivity index (χ2v) is 3.77. The van der Waals surface area contributed by atoms with Crippen LogP contribution in [0.25, 0.3) is 0 Å². The number of hydrogen-bond donors (Lipinski definition) is 0. The summed E-state index contributed by atoms with van der Waals surface area (Å²) in [5, 5.41) is 0. The van der Waals surface area contributed by atoms with Crippen LogP contribution in [-0.2, 0) is 0 Å². The van der Waals surface area contributed by atoms with E-state index in [0.717, 1.165) is 24.7 Å². The molecular weight excluding hydrogens is 220 g/mol. The Morgan fingerprint density at radius 1 is 1.22 bits per heavy atom. The van der Waals surface area contributed by atoms with E-state index in [9.17, 15) is 4.79 Å². The van der Waals surface area contributed by atoms with Crippen LogP contribution < -0.4 is 0 Å². The van der Waals surface area contributed by atoms with Crippen LogP contribution in [0.3, 0.4) is 0 Å². The molecule has 0 spiro atoms. The second-order valence-electron chi connectivity index (χ2n) is 3.77. The van der Waals surface area contributed by atoms with Crippen molar-refractivity contribution in [1.82, 2.24) is 0 Å². The molecule has 0 amide bonds. The fourth-order valence-corrected chi connectivity index (χ4v) is 1.29. The maximum absolute atomic E-state index is 10.6. The maximum Gasteiger partial charge on any atom is 0.150 e. The van der Waals surface area contributed by atoms with Crippen molar-refractivity contribution in [2.45, 2.75) is 26.2 Å². The van der Waals surface area contributed by atoms with Gasteiger partial charge in [0.15, 0.2) is 0 Å². The summed E-state index contributed by atoms with van der Waals surface area (Å²) in [6, 6.07) is 7.22. The molecule has 1 nitrogen and oxygen atoms in total. The molecule has 18 heavy (non-hydrogen) atoms. The van der Waals surface area contributed by atoms with Gasteiger partial charge in [-0.05, 0) is 30.7 Å². The number of benzene rings is 1. The van der Waals surface area contributed by atoms with E-state index in [-0.39, 0.29) is 0 Å². The van der Waals surface area contributed by atoms with Crippen LogP contribution in [0.4, 0.5) is 0 Å². The van der Waals surface area contributed by atoms with Gasteiger partial charge in [0.25, 0.3) is 0 Å². The standard InChI is InChI=1S/C17H16O/c1-2-3-4-5-6-7-8-9-11-16-12-10-13-17(14-16)15-18/h7-8,10,12-15H,2-4H2,1H3. The summed E-state index contributed by atoms with van der Waals surface area (Å²) in [5.41, 5.74) is 1.48. The van der Waals surface area contributed by atoms with Crippen molar-refractivity contribution >= 4 is 6.29 Å². The number of allylic oxidation sites excluding steroid dienone is 2. The highest BCUT2D eigenvalue weighted by atomic mass is 16.1. The molecule has 90 valence electrons. The predicted octanol–water partition coefficient (Wildman–Crippen LogP) is 3.60. The van der Waals surface area contributed by atoms with Gasteiger partial charge in [-0.1, -0.05) is 49.2 Å². The molecule has 0 atom stereocenters. The van der Waals surface area contributed by atoms with E-state index in [0.29, 0.717) is 5.56 Å². The Hall–Kier alpha value is -2.25. The zero-order chi connectivity index (χ0) is 13.1. The quantitative estimate of drug-likeness (QED) is 0.445. The molecule has 0 saturated carbocycles. The van der Waals surface area contributed by atoms with E-state index < -0.39 is 0 Å². The summed E-state index contributed by atoms with van der Waals surface area (Å²) in [6.07, 6.45) is 7.56. The molecule has 0 heterocycles. The van der Waals surface area contributed by atoms with Crippen molar-refractivity contribution in [3.05, 3.63) is 47.5 Å². The summed E-state index contributed by atoms with van der Waals surface area (Å²) < 4.78 is 0. The van der Waals surface area contributed by atoms with Gasteiger partial charge >= 0.3 is 0 Å². The molecule has 0 radical (unpaired) electrons. The van der Waals surface area contributed by atoms with Crippen LogP contribution in [-0.4, -0.2) is 6.29 Å². The molecule has 0 aliphatic rings. The fraction of sp³-hybridized carbons (Fsp3) is 0.235. The Bertz CT molecular complexity index is 530. The topological polar surface area (TPSA) is 17.1 Å². The summed E-state index contributed by atoms with van der Waals surface area (Å²) in [5.74, 6) is 11.8. The molecule has 0 aliphatic carbocycles. The number of carbonyl (C=O) groups excluding carboxylic acids is 1. The minimum absolute atomic E-state index is 0.644. The molecule has 0 fully saturated rings. The highest BCUT2D eigenvalue weighted by molar-refractivity contribution is 5.75. The van der Waals surface area contributed by atoms with E-state index in [1.54, 1.807) is 24.3 Å². The number of rotatable bonds is 3. The van der Waals surface area contributed by atoms with Gasteiger partial charge in [0.2, 0.25) is 0 Å². The van der Waals surface area contributed by atoms with Crippen LogP contribution in [0.5, 0.6) is 0 Å². The lowest BCUT2D eigenvalue weighted by atomic mass is 10.1. The Kier molecular flexibility index (Phi) is 6.79. The molecule has 0 aromatic heterocycles. The van der Waals surface area contributed by atoms with Crippen molar-refractivity contribution < 1.29 is 4.79 Å². The van der Waals surface area contributed by atoms with Crippen LogP contribution in [0.1, 0.15) is 42.1 Å². The van der Waals surface area contributed by atoms with Gasteiger partial charge in [-0.2, -0.15) is 0 Å². The maximum atomic E-state index is 10.6. The van der Waals surface area contributed by atoms with Crippen LogP contribution in [0, 0.1) is 23.7 Å². The van der Waals surface area contributed by atoms with Crippen LogP contribution in [0.2, 0.25) is 0 Å². The summed E-state index contributed by atoms with van der Waals surface area (Å²) in [4.78, 5) is 10.6. The van der Waals surface area contributed by atoms with Crippen LogP contribution in [0.15, 0.2) is 36.4 Å². The third-order valence-corrected chi connectivity index (χ3v) is 2.25. The molecule has 0 unspecified atom stereocenters. The first-order chi connectivity index (χ1) is 8.86. The van der Waals surface area contributed by atoms with E-state index in [2.05, 4.69) is 30.6 Å². The number of hydrogen-bond acceptors (Lipinski definition) is 1. The van der Waals surface area contributed by atoms with Crippen molar-refractivity contribution in [3.63, 3.8) is 0 Å². The first kappa shape index (κ1) is 13.8. The molecule has 1 aromatic carbocycles. The molecule has 1 heteroatoms. The average molecular weight is 236 g/mol. The molecule has 0 N–H and O–H groups in total. The van der Waals surface area contributed by atoms with Gasteiger partial charge in [0.05, 0.1) is 0 Å². The Morgan fingerprint density at radius 2 is 2.06 bits per heavy atom. The van der Waals surface area contributed by atoms with Gasteiger partial charge in [0, 0.05) is 17.5 Å². The van der Waals surface area contributed by atoms with E-state index >= 15 is 0 Å². The van der Waals surface area contributed by atoms with Crippen molar-refractivity contribution in [3.8, 4) is 23.7 Å². The summed E-state index contributed by atoms with van der Waals surface area (Å²) in [6.45, 7) is 2.15. The van der Waals surface area contributed by atoms with Gasteiger partial charge in [-0.25, -0.2) is 0 Å². The highest BCUT2D eigenvalue weighted by Crippen LogP contribution is 2.00. The average Bonchev–Trinajstić information content (AvgIpc) is 2.42. The zero-order valence-corrected chi connectivity index (χ0v) is 10.6. The zero-order valence-electron chi connectivity index (χ0n) is 10.6. The van der Waals surface area contributed by atoms with E-state index in [4.69, 9.17) is 0 Å². The lowest BCUT2D eigenvalue weighted by Crippen LogP contribution is -1.80. The largest absolute Gasteiger partial charge is 0.298 e. The minimum Gasteiger partial charge on any atom is -0.298 e. The first-order valence-electron chi connectivity index (χ1n) is 6.07. The van der Waals surface area contributed by atoms with Crippen LogP contribution >= 0.6 is 0 Å². The second kappa shape index (κ2) is 8.85. The molecule has 0 aliphatic heterocycles. The third-order valence-electron chi connectivity index (χ3n) is 2.25. The van der Waals surface area contributed by atoms with Gasteiger partial charge in [-0.3, -0.25) is 4.79 Å². The van der Waals surface area contributed by atoms with Gasteiger partial charge < -0.3 is 0 Å². The van der Waals surface area contributed by atoms with Crippen molar-refractivity contribution in [2.24, 2.45) is 0 Å². The van der Waals surface area contributed by atoms with Crippen molar-refractivity contribution in [2.75, 3.05) is 0 Å². The molecule has 1 aromatic rings. The van der Waals surface area contributed by atoms with Gasteiger partial charge in [0.1, 0.15) is 6.29 Å². The minimum atomic E-state index is 0.644. The van der Waals surface area contributed by atoms with Crippen molar-refractivity contribution in [1.29, 1.82) is 0 Å². The summed E-state index contributed by atoms with van der Waals surface area (Å²) in [7, 11) is 0. The third kappa shape index (κ3) is 5.73. The first-order valence-corrected chi connectivity index (χ1v) is 6.07. The monoisotopic (exact) mass is 236 g/mol. The lowest BCUT2D eigenvalue weighted by molar-refractivity contribution is 0.112. The number of aldehydes is 1. The molecule has 0 bridgehead atoms. The Labute approximate surface area is 109 Å². The van der Waals surface area contributed by atoms with Gasteiger partial charge in [-0.15, -0.1) is 0 Å². The molecular formula is C17H16O. The molecule has 1 rings (SSSR count). The Balaban J connectivity index is 2.51. The SMILES string of the molecule is CCCCC#CC=CC#Cc1cccc(C=O)c1. The normalized spacial score (nSPS) is 9.17. The lowest BCUT2D eigenvalue weighted by Gasteiger charge is -1.90. The molecule has 0 saturated heterocycles. The predicted molar refractivity (Wildman–Crippen MR) is 75.1 cm³/mol.